The fraction of sp³-hybridized carbons (Fsp3) is 0.304. The van der Waals surface area contributed by atoms with Gasteiger partial charge in [0.1, 0.15) is 12.7 Å². The summed E-state index contributed by atoms with van der Waals surface area (Å²) < 4.78 is 11.6. The average Bonchev–Trinajstić information content (AvgIpc) is 2.65. The molecule has 2 aromatic carbocycles. The minimum atomic E-state index is -0.608. The molecule has 0 bridgehead atoms. The molecule has 0 aliphatic carbocycles. The molecule has 0 aliphatic heterocycles. The van der Waals surface area contributed by atoms with Crippen LogP contribution in [0.4, 0.5) is 0 Å². The zero-order valence-electron chi connectivity index (χ0n) is 16.3. The Labute approximate surface area is 161 Å². The fourth-order valence-corrected chi connectivity index (χ4v) is 2.46. The van der Waals surface area contributed by atoms with Gasteiger partial charge in [0.2, 0.25) is 0 Å². The van der Waals surface area contributed by atoms with Crippen LogP contribution in [0.5, 0.6) is 11.5 Å². The predicted molar refractivity (Wildman–Crippen MR) is 106 cm³/mol. The Hall–Kier alpha value is -3.06. The van der Waals surface area contributed by atoms with Crippen LogP contribution >= 0.6 is 0 Å². The van der Waals surface area contributed by atoms with Crippen LogP contribution in [-0.2, 0) is 11.4 Å². The third-order valence-electron chi connectivity index (χ3n) is 3.86. The number of carbonyl (C=O) groups is 1. The highest BCUT2D eigenvalue weighted by molar-refractivity contribution is 6.06. The summed E-state index contributed by atoms with van der Waals surface area (Å²) in [5.41, 5.74) is 1.30. The highest BCUT2D eigenvalue weighted by Gasteiger charge is 2.25. The Morgan fingerprint density at radius 2 is 1.78 bits per heavy atom. The van der Waals surface area contributed by atoms with Gasteiger partial charge in [-0.15, -0.1) is 0 Å². The number of hydrogen-bond acceptors (Lipinski definition) is 4. The molecule has 0 saturated carbocycles. The lowest BCUT2D eigenvalue weighted by atomic mass is 9.86. The molecule has 0 aromatic heterocycles. The number of Topliss-reactive ketones (excluding diaryl/α,β-unsaturated/α-hetero) is 1. The Kier molecular flexibility index (Phi) is 6.79. The highest BCUT2D eigenvalue weighted by atomic mass is 16.5. The number of rotatable bonds is 7. The van der Waals surface area contributed by atoms with Crippen LogP contribution in [-0.4, -0.2) is 12.4 Å². The molecule has 0 aliphatic rings. The van der Waals surface area contributed by atoms with Gasteiger partial charge in [-0.1, -0.05) is 57.2 Å². The molecule has 0 fully saturated rings. The van der Waals surface area contributed by atoms with E-state index in [1.54, 1.807) is 39.0 Å². The van der Waals surface area contributed by atoms with Crippen LogP contribution in [0.1, 0.15) is 38.8 Å². The maximum atomic E-state index is 12.4. The molecule has 140 valence electrons. The monoisotopic (exact) mass is 363 g/mol. The number of nitrogens with zero attached hydrogens (tertiary/aromatic N) is 1. The summed E-state index contributed by atoms with van der Waals surface area (Å²) in [6, 6.07) is 17.3. The number of carbonyl (C=O) groups excluding carboxylic acids is 1. The zero-order chi connectivity index (χ0) is 19.9. The quantitative estimate of drug-likeness (QED) is 0.502. The SMILES string of the molecule is CCOc1cc(/C=C(\C#N)C(=O)C(C)(C)C)ccc1OCc1ccccc1. The first-order valence-electron chi connectivity index (χ1n) is 8.95. The summed E-state index contributed by atoms with van der Waals surface area (Å²) in [7, 11) is 0. The van der Waals surface area contributed by atoms with Gasteiger partial charge in [0, 0.05) is 5.41 Å². The first-order valence-corrected chi connectivity index (χ1v) is 8.95. The van der Waals surface area contributed by atoms with E-state index < -0.39 is 5.41 Å². The van der Waals surface area contributed by atoms with E-state index in [4.69, 9.17) is 9.47 Å². The molecule has 0 atom stereocenters. The van der Waals surface area contributed by atoms with E-state index in [1.165, 1.54) is 0 Å². The van der Waals surface area contributed by atoms with Crippen molar-refractivity contribution in [1.82, 2.24) is 0 Å². The van der Waals surface area contributed by atoms with Gasteiger partial charge in [0.25, 0.3) is 0 Å². The Bertz CT molecular complexity index is 855. The molecule has 0 unspecified atom stereocenters. The molecule has 0 spiro atoms. The van der Waals surface area contributed by atoms with Crippen molar-refractivity contribution < 1.29 is 14.3 Å². The smallest absolute Gasteiger partial charge is 0.178 e. The van der Waals surface area contributed by atoms with Crippen molar-refractivity contribution in [3.05, 3.63) is 65.2 Å². The van der Waals surface area contributed by atoms with E-state index in [0.29, 0.717) is 24.7 Å². The van der Waals surface area contributed by atoms with Gasteiger partial charge in [0.15, 0.2) is 17.3 Å². The van der Waals surface area contributed by atoms with Gasteiger partial charge in [-0.2, -0.15) is 5.26 Å². The summed E-state index contributed by atoms with van der Waals surface area (Å²) >= 11 is 0. The first kappa shape index (κ1) is 20.3. The Morgan fingerprint density at radius 1 is 1.07 bits per heavy atom. The van der Waals surface area contributed by atoms with Gasteiger partial charge in [-0.3, -0.25) is 4.79 Å². The van der Waals surface area contributed by atoms with E-state index in [-0.39, 0.29) is 11.4 Å². The van der Waals surface area contributed by atoms with Crippen molar-refractivity contribution in [2.24, 2.45) is 5.41 Å². The summed E-state index contributed by atoms with van der Waals surface area (Å²) in [5.74, 6) is 1.02. The minimum absolute atomic E-state index is 0.128. The molecule has 4 heteroatoms. The van der Waals surface area contributed by atoms with Crippen molar-refractivity contribution in [1.29, 1.82) is 5.26 Å². The van der Waals surface area contributed by atoms with E-state index in [1.807, 2.05) is 49.4 Å². The van der Waals surface area contributed by atoms with Crippen LogP contribution in [0, 0.1) is 16.7 Å². The number of allylic oxidation sites excluding steroid dienone is 1. The van der Waals surface area contributed by atoms with Gasteiger partial charge in [-0.05, 0) is 36.3 Å². The molecule has 0 N–H and O–H groups in total. The topological polar surface area (TPSA) is 59.3 Å². The van der Waals surface area contributed by atoms with Gasteiger partial charge >= 0.3 is 0 Å². The van der Waals surface area contributed by atoms with E-state index in [2.05, 4.69) is 0 Å². The lowest BCUT2D eigenvalue weighted by Gasteiger charge is -2.16. The normalized spacial score (nSPS) is 11.6. The number of hydrogen-bond donors (Lipinski definition) is 0. The summed E-state index contributed by atoms with van der Waals surface area (Å²) in [6.45, 7) is 8.21. The molecule has 0 radical (unpaired) electrons. The Balaban J connectivity index is 2.27. The second kappa shape index (κ2) is 9.05. The predicted octanol–water partition coefficient (Wildman–Crippen LogP) is 5.19. The van der Waals surface area contributed by atoms with Crippen molar-refractivity contribution >= 4 is 11.9 Å². The van der Waals surface area contributed by atoms with Crippen LogP contribution in [0.25, 0.3) is 6.08 Å². The van der Waals surface area contributed by atoms with Crippen molar-refractivity contribution in [3.63, 3.8) is 0 Å². The maximum absolute atomic E-state index is 12.4. The highest BCUT2D eigenvalue weighted by Crippen LogP contribution is 2.31. The van der Waals surface area contributed by atoms with Crippen LogP contribution < -0.4 is 9.47 Å². The maximum Gasteiger partial charge on any atom is 0.178 e. The van der Waals surface area contributed by atoms with Crippen LogP contribution in [0.3, 0.4) is 0 Å². The third kappa shape index (κ3) is 5.72. The molecule has 0 saturated heterocycles. The molecule has 2 aromatic rings. The second-order valence-corrected chi connectivity index (χ2v) is 7.16. The summed E-state index contributed by atoms with van der Waals surface area (Å²) in [5, 5.41) is 9.36. The molecule has 2 rings (SSSR count). The fourth-order valence-electron chi connectivity index (χ4n) is 2.46. The van der Waals surface area contributed by atoms with E-state index in [0.717, 1.165) is 11.1 Å². The number of ether oxygens (including phenoxy) is 2. The van der Waals surface area contributed by atoms with Crippen molar-refractivity contribution in [2.45, 2.75) is 34.3 Å². The number of nitriles is 1. The lowest BCUT2D eigenvalue weighted by molar-refractivity contribution is -0.121. The lowest BCUT2D eigenvalue weighted by Crippen LogP contribution is -2.21. The van der Waals surface area contributed by atoms with Crippen LogP contribution in [0.2, 0.25) is 0 Å². The van der Waals surface area contributed by atoms with Crippen molar-refractivity contribution in [2.75, 3.05) is 6.61 Å². The van der Waals surface area contributed by atoms with Gasteiger partial charge in [0.05, 0.1) is 12.2 Å². The molecule has 0 heterocycles. The zero-order valence-corrected chi connectivity index (χ0v) is 16.3. The minimum Gasteiger partial charge on any atom is -0.490 e. The van der Waals surface area contributed by atoms with E-state index in [9.17, 15) is 10.1 Å². The number of benzene rings is 2. The van der Waals surface area contributed by atoms with Gasteiger partial charge < -0.3 is 9.47 Å². The average molecular weight is 363 g/mol. The van der Waals surface area contributed by atoms with Gasteiger partial charge in [-0.25, -0.2) is 0 Å². The largest absolute Gasteiger partial charge is 0.490 e. The standard InChI is InChI=1S/C23H25NO3/c1-5-26-21-14-18(13-19(15-24)22(25)23(2,3)4)11-12-20(21)27-16-17-9-7-6-8-10-17/h6-14H,5,16H2,1-4H3/b19-13+. The first-order chi connectivity index (χ1) is 12.8. The van der Waals surface area contributed by atoms with Crippen LogP contribution in [0.15, 0.2) is 54.1 Å². The van der Waals surface area contributed by atoms with E-state index >= 15 is 0 Å². The molecule has 4 nitrogen and oxygen atoms in total. The second-order valence-electron chi connectivity index (χ2n) is 7.16. The number of ketones is 1. The molecular weight excluding hydrogens is 338 g/mol. The molecule has 27 heavy (non-hydrogen) atoms. The summed E-state index contributed by atoms with van der Waals surface area (Å²) in [6.07, 6.45) is 1.59. The summed E-state index contributed by atoms with van der Waals surface area (Å²) in [4.78, 5) is 12.4. The third-order valence-corrected chi connectivity index (χ3v) is 3.86. The molecular formula is C23H25NO3. The molecule has 0 amide bonds. The Morgan fingerprint density at radius 3 is 2.37 bits per heavy atom. The van der Waals surface area contributed by atoms with Crippen molar-refractivity contribution in [3.8, 4) is 17.6 Å².